The Morgan fingerprint density at radius 1 is 0.542 bits per heavy atom. The van der Waals surface area contributed by atoms with Crippen LogP contribution in [0.2, 0.25) is 0 Å². The Morgan fingerprint density at radius 2 is 0.864 bits per heavy atom. The lowest BCUT2D eigenvalue weighted by Gasteiger charge is -2.11. The highest BCUT2D eigenvalue weighted by molar-refractivity contribution is 7.95. The number of carboxylic acid groups (broad SMARTS) is 2. The number of halogens is 3. The molecule has 0 aliphatic heterocycles. The molecule has 6 rings (SSSR count). The average Bonchev–Trinajstić information content (AvgIpc) is 3.72. The van der Waals surface area contributed by atoms with E-state index >= 15 is 0 Å². The third-order valence-electron chi connectivity index (χ3n) is 7.53. The van der Waals surface area contributed by atoms with Gasteiger partial charge in [0.1, 0.15) is 9.79 Å². The Balaban J connectivity index is 0.000000387. The summed E-state index contributed by atoms with van der Waals surface area (Å²) in [4.78, 5) is 20.0. The van der Waals surface area contributed by atoms with Gasteiger partial charge in [-0.2, -0.15) is 10.2 Å². The summed E-state index contributed by atoms with van der Waals surface area (Å²) in [6.45, 7) is 0. The molecule has 6 aromatic rings. The molecule has 0 saturated heterocycles. The minimum Gasteiger partial charge on any atom is -0.478 e. The molecule has 25 heteroatoms. The van der Waals surface area contributed by atoms with Gasteiger partial charge < -0.3 is 10.2 Å². The van der Waals surface area contributed by atoms with E-state index in [2.05, 4.69) is 29.8 Å². The van der Waals surface area contributed by atoms with Crippen LogP contribution in [0.25, 0.3) is 34.0 Å². The van der Waals surface area contributed by atoms with Gasteiger partial charge in [0, 0.05) is 46.8 Å². The van der Waals surface area contributed by atoms with Gasteiger partial charge in [-0.3, -0.25) is 19.6 Å². The molecule has 0 radical (unpaired) electrons. The van der Waals surface area contributed by atoms with E-state index in [-0.39, 0.29) is 68.2 Å². The molecule has 0 spiro atoms. The molecule has 59 heavy (non-hydrogen) atoms. The molecular formula is C34H33Cl3N6O12S4. The van der Waals surface area contributed by atoms with E-state index in [9.17, 15) is 43.3 Å². The Labute approximate surface area is 356 Å². The summed E-state index contributed by atoms with van der Waals surface area (Å²) in [6, 6.07) is 19.6. The zero-order valence-electron chi connectivity index (χ0n) is 30.1. The SMILES string of the molecule is CS(=O)(=O)c1ccccc1S(=O)(=O)Nc1ccc2n[nH]c(C=CC(=O)O)c2c1.CS(=O)(=O)c1ccccc1S(=O)(=O)Nc1ccc2n[nH]c(C=CC(=O)O)c2c1.Cl.Cl.Cl. The number of aromatic amines is 2. The Bertz CT molecular complexity index is 2840. The number of anilines is 2. The van der Waals surface area contributed by atoms with Crippen molar-refractivity contribution in [1.82, 2.24) is 20.4 Å². The Hall–Kier alpha value is -5.49. The maximum atomic E-state index is 12.8. The molecule has 2 aromatic heterocycles. The van der Waals surface area contributed by atoms with Crippen LogP contribution in [0.5, 0.6) is 0 Å². The van der Waals surface area contributed by atoms with Crippen LogP contribution in [0.4, 0.5) is 11.4 Å². The van der Waals surface area contributed by atoms with Crippen LogP contribution in [0, 0.1) is 0 Å². The van der Waals surface area contributed by atoms with Crippen molar-refractivity contribution in [2.75, 3.05) is 22.0 Å². The van der Waals surface area contributed by atoms with E-state index in [1.165, 1.54) is 84.9 Å². The zero-order chi connectivity index (χ0) is 41.1. The Morgan fingerprint density at radius 3 is 1.17 bits per heavy atom. The molecule has 316 valence electrons. The summed E-state index contributed by atoms with van der Waals surface area (Å²) in [6.07, 6.45) is 6.31. The van der Waals surface area contributed by atoms with E-state index < -0.39 is 51.7 Å². The highest BCUT2D eigenvalue weighted by atomic mass is 35.5. The average molecular weight is 952 g/mol. The van der Waals surface area contributed by atoms with Gasteiger partial charge in [-0.15, -0.1) is 37.2 Å². The number of hydrogen-bond donors (Lipinski definition) is 6. The number of H-pyrrole nitrogens is 2. The molecule has 0 aliphatic rings. The van der Waals surface area contributed by atoms with Crippen molar-refractivity contribution in [3.8, 4) is 0 Å². The molecule has 6 N–H and O–H groups in total. The number of aliphatic carboxylic acids is 2. The Kier molecular flexibility index (Phi) is 16.4. The van der Waals surface area contributed by atoms with E-state index in [4.69, 9.17) is 10.2 Å². The number of rotatable bonds is 12. The number of benzene rings is 4. The summed E-state index contributed by atoms with van der Waals surface area (Å²) >= 11 is 0. The molecule has 0 fully saturated rings. The first-order valence-corrected chi connectivity index (χ1v) is 22.3. The van der Waals surface area contributed by atoms with Crippen molar-refractivity contribution >= 4 is 134 Å². The number of fused-ring (bicyclic) bond motifs is 2. The molecule has 0 aliphatic carbocycles. The smallest absolute Gasteiger partial charge is 0.328 e. The van der Waals surface area contributed by atoms with Gasteiger partial charge in [-0.1, -0.05) is 24.3 Å². The quantitative estimate of drug-likeness (QED) is 0.0881. The fourth-order valence-corrected chi connectivity index (χ4v) is 10.5. The van der Waals surface area contributed by atoms with Crippen LogP contribution in [-0.4, -0.2) is 88.7 Å². The first-order chi connectivity index (χ1) is 26.2. The highest BCUT2D eigenvalue weighted by Gasteiger charge is 2.25. The molecule has 0 unspecified atom stereocenters. The fourth-order valence-electron chi connectivity index (χ4n) is 5.13. The molecule has 0 atom stereocenters. The largest absolute Gasteiger partial charge is 0.478 e. The summed E-state index contributed by atoms with van der Waals surface area (Å²) in [5.74, 6) is -2.28. The summed E-state index contributed by atoms with van der Waals surface area (Å²) in [7, 11) is -15.9. The molecule has 0 amide bonds. The van der Waals surface area contributed by atoms with Gasteiger partial charge in [0.25, 0.3) is 20.0 Å². The van der Waals surface area contributed by atoms with Crippen LogP contribution in [0.1, 0.15) is 11.4 Å². The number of sulfonamides is 2. The molecule has 18 nitrogen and oxygen atoms in total. The van der Waals surface area contributed by atoms with Gasteiger partial charge in [0.2, 0.25) is 0 Å². The maximum Gasteiger partial charge on any atom is 0.328 e. The standard InChI is InChI=1S/2C17H15N3O6S2.3ClH/c2*1-27(23,24)15-4-2-3-5-16(15)28(25,26)20-11-6-7-13-12(10-11)14(19-18-13)8-9-17(21)22;;;/h2*2-10,20H,1H3,(H,18,19)(H,21,22);3*1H. The van der Waals surface area contributed by atoms with Crippen molar-refractivity contribution < 1.29 is 53.5 Å². The van der Waals surface area contributed by atoms with E-state index in [0.29, 0.717) is 33.2 Å². The van der Waals surface area contributed by atoms with Crippen LogP contribution >= 0.6 is 37.2 Å². The number of carbonyl (C=O) groups is 2. The van der Waals surface area contributed by atoms with E-state index in [0.717, 1.165) is 24.7 Å². The first-order valence-electron chi connectivity index (χ1n) is 15.6. The fraction of sp³-hybridized carbons (Fsp3) is 0.0588. The number of sulfone groups is 2. The van der Waals surface area contributed by atoms with Crippen LogP contribution in [0.3, 0.4) is 0 Å². The van der Waals surface area contributed by atoms with Crippen LogP contribution in [-0.2, 0) is 49.3 Å². The van der Waals surface area contributed by atoms with Crippen molar-refractivity contribution in [1.29, 1.82) is 0 Å². The second-order valence-electron chi connectivity index (χ2n) is 11.7. The third kappa shape index (κ3) is 12.3. The predicted octanol–water partition coefficient (Wildman–Crippen LogP) is 5.00. The topological polar surface area (TPSA) is 293 Å². The predicted molar refractivity (Wildman–Crippen MR) is 228 cm³/mol. The lowest BCUT2D eigenvalue weighted by Crippen LogP contribution is -2.16. The molecule has 2 heterocycles. The van der Waals surface area contributed by atoms with Crippen molar-refractivity contribution in [3.63, 3.8) is 0 Å². The van der Waals surface area contributed by atoms with Gasteiger partial charge in [0.05, 0.1) is 32.2 Å². The zero-order valence-corrected chi connectivity index (χ0v) is 35.8. The molecule has 4 aromatic carbocycles. The number of carboxylic acids is 2. The van der Waals surface area contributed by atoms with Gasteiger partial charge in [-0.25, -0.2) is 43.3 Å². The summed E-state index contributed by atoms with van der Waals surface area (Å²) in [5.41, 5.74) is 2.11. The second kappa shape index (κ2) is 19.5. The van der Waals surface area contributed by atoms with Gasteiger partial charge in [0.15, 0.2) is 19.7 Å². The molecule has 0 saturated carbocycles. The first kappa shape index (κ1) is 49.7. The summed E-state index contributed by atoms with van der Waals surface area (Å²) < 4.78 is 103. The lowest BCUT2D eigenvalue weighted by molar-refractivity contribution is -0.132. The van der Waals surface area contributed by atoms with Gasteiger partial charge in [-0.05, 0) is 72.8 Å². The van der Waals surface area contributed by atoms with E-state index in [1.807, 2.05) is 0 Å². The van der Waals surface area contributed by atoms with Crippen molar-refractivity contribution in [2.24, 2.45) is 0 Å². The minimum atomic E-state index is -4.19. The minimum absolute atomic E-state index is 0. The normalized spacial score (nSPS) is 11.8. The van der Waals surface area contributed by atoms with Crippen LogP contribution in [0.15, 0.2) is 117 Å². The lowest BCUT2D eigenvalue weighted by atomic mass is 10.2. The number of hydrogen-bond acceptors (Lipinski definition) is 12. The third-order valence-corrected chi connectivity index (χ3v) is 13.0. The number of nitrogens with one attached hydrogen (secondary N) is 4. The van der Waals surface area contributed by atoms with Crippen molar-refractivity contribution in [3.05, 3.63) is 108 Å². The second-order valence-corrected chi connectivity index (χ2v) is 19.0. The number of aromatic nitrogens is 4. The van der Waals surface area contributed by atoms with Crippen LogP contribution < -0.4 is 9.44 Å². The number of nitrogens with zero attached hydrogens (tertiary/aromatic N) is 2. The molecular weight excluding hydrogens is 919 g/mol. The molecule has 0 bridgehead atoms. The summed E-state index contributed by atoms with van der Waals surface area (Å²) in [5, 5.41) is 31.8. The van der Waals surface area contributed by atoms with Gasteiger partial charge >= 0.3 is 11.9 Å². The monoisotopic (exact) mass is 950 g/mol. The highest BCUT2D eigenvalue weighted by Crippen LogP contribution is 2.28. The van der Waals surface area contributed by atoms with E-state index in [1.54, 1.807) is 12.1 Å². The maximum absolute atomic E-state index is 12.8. The van der Waals surface area contributed by atoms with Crippen molar-refractivity contribution in [2.45, 2.75) is 19.6 Å².